The third-order valence-corrected chi connectivity index (χ3v) is 8.03. The van der Waals surface area contributed by atoms with E-state index in [0.717, 1.165) is 11.1 Å². The molecule has 3 aromatic rings. The van der Waals surface area contributed by atoms with Crippen LogP contribution in [0.3, 0.4) is 0 Å². The molecule has 0 radical (unpaired) electrons. The summed E-state index contributed by atoms with van der Waals surface area (Å²) < 4.78 is 19.2. The Bertz CT molecular complexity index is 1460. The second kappa shape index (κ2) is 19.3. The molecule has 0 aromatic heterocycles. The molecular formula is C34H43N5O7S. The van der Waals surface area contributed by atoms with E-state index in [1.54, 1.807) is 13.1 Å². The molecule has 0 bridgehead atoms. The Balaban J connectivity index is 1.59. The molecule has 3 aromatic carbocycles. The van der Waals surface area contributed by atoms with Gasteiger partial charge in [0.05, 0.1) is 36.7 Å². The van der Waals surface area contributed by atoms with E-state index in [1.807, 2.05) is 67.6 Å². The molecule has 47 heavy (non-hydrogen) atoms. The smallest absolute Gasteiger partial charge is 0.251 e. The number of amides is 4. The van der Waals surface area contributed by atoms with Gasteiger partial charge in [0.2, 0.25) is 11.8 Å². The van der Waals surface area contributed by atoms with E-state index >= 15 is 0 Å². The number of nitrogens with zero attached hydrogens (tertiary/aromatic N) is 1. The first-order valence-electron chi connectivity index (χ1n) is 15.3. The lowest BCUT2D eigenvalue weighted by molar-refractivity contribution is -0.136. The Morgan fingerprint density at radius 2 is 1.40 bits per heavy atom. The molecule has 1 unspecified atom stereocenters. The molecule has 0 saturated heterocycles. The summed E-state index contributed by atoms with van der Waals surface area (Å²) in [6, 6.07) is 23.2. The number of hydrogen-bond donors (Lipinski definition) is 5. The fourth-order valence-corrected chi connectivity index (χ4v) is 4.78. The van der Waals surface area contributed by atoms with Crippen molar-refractivity contribution < 1.29 is 33.6 Å². The van der Waals surface area contributed by atoms with Crippen LogP contribution in [0.4, 0.5) is 5.69 Å². The lowest BCUT2D eigenvalue weighted by Crippen LogP contribution is -2.44. The van der Waals surface area contributed by atoms with Crippen LogP contribution < -0.4 is 25.6 Å². The topological polar surface area (TPSA) is 172 Å². The molecular weight excluding hydrogens is 622 g/mol. The molecule has 5 N–H and O–H groups in total. The monoisotopic (exact) mass is 665 g/mol. The first kappa shape index (κ1) is 37.0. The SMILES string of the molecule is CCCO[C@H](C[C@H](O)CNC(=O)c1cc(C(=O)NCc2ccccc2)cc(N(C)[S+](C)[O-])c1)C(=O)NCC(=O)NCc1ccccc1. The van der Waals surface area contributed by atoms with Gasteiger partial charge in [-0.1, -0.05) is 67.6 Å². The number of nitrogens with one attached hydrogen (secondary N) is 4. The molecule has 0 aliphatic heterocycles. The van der Waals surface area contributed by atoms with Gasteiger partial charge in [0.15, 0.2) is 0 Å². The highest BCUT2D eigenvalue weighted by Crippen LogP contribution is 2.21. The zero-order valence-electron chi connectivity index (χ0n) is 26.9. The maximum atomic E-state index is 13.2. The van der Waals surface area contributed by atoms with E-state index in [9.17, 15) is 28.8 Å². The molecule has 0 aliphatic carbocycles. The van der Waals surface area contributed by atoms with Crippen molar-refractivity contribution in [3.8, 4) is 0 Å². The van der Waals surface area contributed by atoms with Gasteiger partial charge in [-0.15, -0.1) is 0 Å². The van der Waals surface area contributed by atoms with Crippen LogP contribution in [0, 0.1) is 0 Å². The molecule has 0 aliphatic rings. The average molecular weight is 666 g/mol. The fourth-order valence-electron chi connectivity index (χ4n) is 4.38. The van der Waals surface area contributed by atoms with Crippen LogP contribution in [-0.4, -0.2) is 78.5 Å². The summed E-state index contributed by atoms with van der Waals surface area (Å²) in [5.74, 6) is -1.94. The van der Waals surface area contributed by atoms with Gasteiger partial charge in [0, 0.05) is 43.8 Å². The van der Waals surface area contributed by atoms with E-state index in [1.165, 1.54) is 22.7 Å². The van der Waals surface area contributed by atoms with Crippen LogP contribution >= 0.6 is 0 Å². The summed E-state index contributed by atoms with van der Waals surface area (Å²) in [6.45, 7) is 2.24. The number of benzene rings is 3. The van der Waals surface area contributed by atoms with Gasteiger partial charge in [-0.3, -0.25) is 19.2 Å². The summed E-state index contributed by atoms with van der Waals surface area (Å²) >= 11 is -1.43. The number of anilines is 1. The standard InChI is InChI=1S/C34H43N5O7S/c1-4-15-46-30(34(44)38-23-31(41)35-20-24-11-7-5-8-12-24)19-29(40)22-37-33(43)27-16-26(17-28(18-27)39(2)47(3)45)32(42)36-21-25-13-9-6-10-14-25/h5-14,16-18,29-30,40H,4,15,19-23H2,1-3H3,(H,35,41)(H,36,42)(H,37,43)(H,38,44)/t29-,30+,47?/m0/s1. The normalized spacial score (nSPS) is 12.7. The Kier molecular flexibility index (Phi) is 15.2. The largest absolute Gasteiger partial charge is 0.593 e. The van der Waals surface area contributed by atoms with Crippen molar-refractivity contribution >= 4 is 40.7 Å². The molecule has 0 heterocycles. The van der Waals surface area contributed by atoms with Crippen molar-refractivity contribution in [2.75, 3.05) is 37.3 Å². The van der Waals surface area contributed by atoms with Crippen LogP contribution in [0.15, 0.2) is 78.9 Å². The van der Waals surface area contributed by atoms with Crippen molar-refractivity contribution in [2.45, 2.75) is 45.1 Å². The van der Waals surface area contributed by atoms with Crippen LogP contribution in [0.2, 0.25) is 0 Å². The molecule has 0 fully saturated rings. The second-order valence-corrected chi connectivity index (χ2v) is 12.2. The van der Waals surface area contributed by atoms with Crippen molar-refractivity contribution in [2.24, 2.45) is 0 Å². The van der Waals surface area contributed by atoms with E-state index in [-0.39, 0.29) is 49.7 Å². The van der Waals surface area contributed by atoms with E-state index in [4.69, 9.17) is 4.74 Å². The maximum absolute atomic E-state index is 13.2. The summed E-state index contributed by atoms with van der Waals surface area (Å²) in [7, 11) is 1.58. The second-order valence-electron chi connectivity index (χ2n) is 10.8. The molecule has 3 atom stereocenters. The molecule has 12 nitrogen and oxygen atoms in total. The Labute approximate surface area is 278 Å². The molecule has 0 spiro atoms. The quantitative estimate of drug-likeness (QED) is 0.129. The number of hydrogen-bond acceptors (Lipinski definition) is 8. The highest BCUT2D eigenvalue weighted by Gasteiger charge is 2.24. The minimum atomic E-state index is -1.43. The number of carbonyl (C=O) groups is 4. The molecule has 252 valence electrons. The average Bonchev–Trinajstić information content (AvgIpc) is 3.09. The summed E-state index contributed by atoms with van der Waals surface area (Å²) in [4.78, 5) is 51.3. The number of rotatable bonds is 18. The molecule has 13 heteroatoms. The molecule has 4 amide bonds. The highest BCUT2D eigenvalue weighted by molar-refractivity contribution is 7.92. The van der Waals surface area contributed by atoms with Gasteiger partial charge in [-0.25, -0.2) is 0 Å². The first-order chi connectivity index (χ1) is 22.6. The maximum Gasteiger partial charge on any atom is 0.251 e. The highest BCUT2D eigenvalue weighted by atomic mass is 32.2. The summed E-state index contributed by atoms with van der Waals surface area (Å²) in [5.41, 5.74) is 2.52. The number of aliphatic hydroxyl groups is 1. The lowest BCUT2D eigenvalue weighted by Gasteiger charge is -2.21. The van der Waals surface area contributed by atoms with Gasteiger partial charge in [0.25, 0.3) is 11.8 Å². The van der Waals surface area contributed by atoms with Gasteiger partial charge >= 0.3 is 0 Å². The van der Waals surface area contributed by atoms with Gasteiger partial charge < -0.3 is 35.7 Å². The number of aliphatic hydroxyl groups excluding tert-OH is 1. The Morgan fingerprint density at radius 3 is 1.96 bits per heavy atom. The minimum Gasteiger partial charge on any atom is -0.593 e. The van der Waals surface area contributed by atoms with Crippen LogP contribution in [-0.2, 0) is 38.8 Å². The zero-order chi connectivity index (χ0) is 34.2. The third kappa shape index (κ3) is 12.7. The fraction of sp³-hybridized carbons (Fsp3) is 0.353. The van der Waals surface area contributed by atoms with Crippen LogP contribution in [0.25, 0.3) is 0 Å². The minimum absolute atomic E-state index is 0.120. The Hall–Kier alpha value is -4.43. The molecule has 0 saturated carbocycles. The Morgan fingerprint density at radius 1 is 0.851 bits per heavy atom. The summed E-state index contributed by atoms with van der Waals surface area (Å²) in [6.07, 6.45) is -0.255. The van der Waals surface area contributed by atoms with Crippen molar-refractivity contribution in [1.29, 1.82) is 0 Å². The van der Waals surface area contributed by atoms with E-state index in [0.29, 0.717) is 18.7 Å². The first-order valence-corrected chi connectivity index (χ1v) is 16.8. The third-order valence-electron chi connectivity index (χ3n) is 7.04. The van der Waals surface area contributed by atoms with Crippen molar-refractivity contribution in [1.82, 2.24) is 21.3 Å². The van der Waals surface area contributed by atoms with Gasteiger partial charge in [-0.2, -0.15) is 4.31 Å². The van der Waals surface area contributed by atoms with Crippen molar-refractivity contribution in [3.05, 3.63) is 101 Å². The molecule has 3 rings (SSSR count). The van der Waals surface area contributed by atoms with E-state index in [2.05, 4.69) is 21.3 Å². The van der Waals surface area contributed by atoms with Crippen LogP contribution in [0.1, 0.15) is 51.6 Å². The summed E-state index contributed by atoms with van der Waals surface area (Å²) in [5, 5.41) is 21.5. The van der Waals surface area contributed by atoms with E-state index < -0.39 is 41.3 Å². The predicted octanol–water partition coefficient (Wildman–Crippen LogP) is 2.05. The van der Waals surface area contributed by atoms with Crippen molar-refractivity contribution in [3.63, 3.8) is 0 Å². The predicted molar refractivity (Wildman–Crippen MR) is 181 cm³/mol. The lowest BCUT2D eigenvalue weighted by atomic mass is 10.1. The number of ether oxygens (including phenoxy) is 1. The van der Waals surface area contributed by atoms with Gasteiger partial charge in [0.1, 0.15) is 12.4 Å². The zero-order valence-corrected chi connectivity index (χ0v) is 27.7. The van der Waals surface area contributed by atoms with Gasteiger partial charge in [-0.05, 0) is 35.7 Å². The van der Waals surface area contributed by atoms with Crippen LogP contribution in [0.5, 0.6) is 0 Å². The number of carbonyl (C=O) groups excluding carboxylic acids is 4.